The predicted molar refractivity (Wildman–Crippen MR) is 120 cm³/mol. The Bertz CT molecular complexity index is 822. The lowest BCUT2D eigenvalue weighted by atomic mass is 10.3. The van der Waals surface area contributed by atoms with Crippen LogP contribution in [-0.4, -0.2) is 48.7 Å². The number of carbonyl (C=O) groups is 1. The molecular weight excluding hydrogens is 398 g/mol. The van der Waals surface area contributed by atoms with Crippen LogP contribution in [0, 0.1) is 0 Å². The monoisotopic (exact) mass is 421 g/mol. The molecule has 0 spiro atoms. The maximum Gasteiger partial charge on any atom is 0.239 e. The van der Waals surface area contributed by atoms with Gasteiger partial charge in [-0.1, -0.05) is 41.7 Å². The van der Waals surface area contributed by atoms with Crippen molar-refractivity contribution in [2.24, 2.45) is 0 Å². The highest BCUT2D eigenvalue weighted by Crippen LogP contribution is 2.29. The average Bonchev–Trinajstić information content (AvgIpc) is 3.07. The minimum atomic E-state index is 0. The molecule has 0 aliphatic heterocycles. The number of aromatic nitrogens is 1. The minimum Gasteiger partial charge on any atom is -0.309 e. The Kier molecular flexibility index (Phi) is 8.57. The summed E-state index contributed by atoms with van der Waals surface area (Å²) >= 11 is 3.16. The first-order chi connectivity index (χ1) is 12.6. The average molecular weight is 422 g/mol. The zero-order chi connectivity index (χ0) is 18.4. The molecule has 0 atom stereocenters. The maximum atomic E-state index is 12.9. The number of thioether (sulfide) groups is 1. The Morgan fingerprint density at radius 1 is 1.04 bits per heavy atom. The third-order valence-electron chi connectivity index (χ3n) is 3.91. The molecule has 3 rings (SSSR count). The zero-order valence-corrected chi connectivity index (χ0v) is 17.9. The third-order valence-corrected chi connectivity index (χ3v) is 5.96. The number of hydrogen-bond donors (Lipinski definition) is 0. The van der Waals surface area contributed by atoms with E-state index in [0.717, 1.165) is 33.2 Å². The van der Waals surface area contributed by atoms with Crippen LogP contribution in [0.2, 0.25) is 0 Å². The van der Waals surface area contributed by atoms with E-state index in [1.807, 2.05) is 53.4 Å². The fourth-order valence-electron chi connectivity index (χ4n) is 2.59. The smallest absolute Gasteiger partial charge is 0.239 e. The SMILES string of the molecule is CN(C)CCCN(C(=O)CSc1ccccc1)c1nc2ccccc2s1.Cl. The zero-order valence-electron chi connectivity index (χ0n) is 15.5. The maximum absolute atomic E-state index is 12.9. The minimum absolute atomic E-state index is 0. The van der Waals surface area contributed by atoms with E-state index >= 15 is 0 Å². The summed E-state index contributed by atoms with van der Waals surface area (Å²) in [6.07, 6.45) is 0.921. The molecule has 0 saturated carbocycles. The van der Waals surface area contributed by atoms with Crippen molar-refractivity contribution in [2.75, 3.05) is 37.8 Å². The summed E-state index contributed by atoms with van der Waals surface area (Å²) in [4.78, 5) is 22.7. The fourth-order valence-corrected chi connectivity index (χ4v) is 4.39. The Morgan fingerprint density at radius 3 is 2.44 bits per heavy atom. The summed E-state index contributed by atoms with van der Waals surface area (Å²) in [5.41, 5.74) is 0.952. The standard InChI is InChI=1S/C20H23N3OS2.ClH/c1-22(2)13-8-14-23(19(24)15-25-16-9-4-3-5-10-16)20-21-17-11-6-7-12-18(17)26-20;/h3-7,9-12H,8,13-15H2,1-2H3;1H. The van der Waals surface area contributed by atoms with Gasteiger partial charge in [-0.15, -0.1) is 24.2 Å². The van der Waals surface area contributed by atoms with Crippen molar-refractivity contribution in [3.05, 3.63) is 54.6 Å². The van der Waals surface area contributed by atoms with E-state index in [0.29, 0.717) is 12.3 Å². The number of hydrogen-bond acceptors (Lipinski definition) is 5. The van der Waals surface area contributed by atoms with Crippen LogP contribution in [0.3, 0.4) is 0 Å². The normalized spacial score (nSPS) is 10.8. The Morgan fingerprint density at radius 2 is 1.74 bits per heavy atom. The van der Waals surface area contributed by atoms with Crippen molar-refractivity contribution in [1.82, 2.24) is 9.88 Å². The number of para-hydroxylation sites is 1. The second kappa shape index (κ2) is 10.7. The molecule has 1 aromatic heterocycles. The molecule has 1 heterocycles. The summed E-state index contributed by atoms with van der Waals surface area (Å²) in [6.45, 7) is 1.63. The lowest BCUT2D eigenvalue weighted by molar-refractivity contribution is -0.116. The molecule has 1 amide bonds. The molecule has 7 heteroatoms. The van der Waals surface area contributed by atoms with Gasteiger partial charge in [-0.05, 0) is 51.3 Å². The van der Waals surface area contributed by atoms with Crippen LogP contribution in [0.15, 0.2) is 59.5 Å². The van der Waals surface area contributed by atoms with Crippen molar-refractivity contribution >= 4 is 56.8 Å². The molecular formula is C20H24ClN3OS2. The lowest BCUT2D eigenvalue weighted by Gasteiger charge is -2.21. The molecule has 4 nitrogen and oxygen atoms in total. The number of carbonyl (C=O) groups excluding carboxylic acids is 1. The highest BCUT2D eigenvalue weighted by Gasteiger charge is 2.19. The van der Waals surface area contributed by atoms with Gasteiger partial charge in [0, 0.05) is 11.4 Å². The van der Waals surface area contributed by atoms with E-state index in [9.17, 15) is 4.79 Å². The summed E-state index contributed by atoms with van der Waals surface area (Å²) < 4.78 is 1.11. The van der Waals surface area contributed by atoms with Gasteiger partial charge in [0.05, 0.1) is 16.0 Å². The number of thiazole rings is 1. The molecule has 3 aromatic rings. The summed E-state index contributed by atoms with van der Waals surface area (Å²) in [6, 6.07) is 18.1. The van der Waals surface area contributed by atoms with Crippen molar-refractivity contribution in [2.45, 2.75) is 11.3 Å². The Hall–Kier alpha value is -1.60. The molecule has 27 heavy (non-hydrogen) atoms. The number of halogens is 1. The van der Waals surface area contributed by atoms with E-state index in [4.69, 9.17) is 0 Å². The van der Waals surface area contributed by atoms with E-state index in [2.05, 4.69) is 30.0 Å². The first-order valence-corrected chi connectivity index (χ1v) is 10.4. The Labute approximate surface area is 175 Å². The highest BCUT2D eigenvalue weighted by molar-refractivity contribution is 8.00. The number of anilines is 1. The van der Waals surface area contributed by atoms with Gasteiger partial charge in [-0.2, -0.15) is 0 Å². The van der Waals surface area contributed by atoms with Gasteiger partial charge >= 0.3 is 0 Å². The van der Waals surface area contributed by atoms with Gasteiger partial charge in [-0.3, -0.25) is 9.69 Å². The van der Waals surface area contributed by atoms with Crippen LogP contribution in [0.5, 0.6) is 0 Å². The van der Waals surface area contributed by atoms with Crippen LogP contribution < -0.4 is 4.90 Å². The van der Waals surface area contributed by atoms with E-state index in [-0.39, 0.29) is 18.3 Å². The fraction of sp³-hybridized carbons (Fsp3) is 0.300. The Balaban J connectivity index is 0.00000261. The summed E-state index contributed by atoms with van der Waals surface area (Å²) in [5, 5.41) is 0.795. The van der Waals surface area contributed by atoms with Crippen molar-refractivity contribution in [3.8, 4) is 0 Å². The van der Waals surface area contributed by atoms with Crippen LogP contribution in [0.1, 0.15) is 6.42 Å². The van der Waals surface area contributed by atoms with Gasteiger partial charge in [0.2, 0.25) is 5.91 Å². The molecule has 0 bridgehead atoms. The van der Waals surface area contributed by atoms with Crippen molar-refractivity contribution < 1.29 is 4.79 Å². The molecule has 0 radical (unpaired) electrons. The van der Waals surface area contributed by atoms with Crippen molar-refractivity contribution in [3.63, 3.8) is 0 Å². The highest BCUT2D eigenvalue weighted by atomic mass is 35.5. The van der Waals surface area contributed by atoms with Gasteiger partial charge in [0.25, 0.3) is 0 Å². The number of fused-ring (bicyclic) bond motifs is 1. The molecule has 0 N–H and O–H groups in total. The van der Waals surface area contributed by atoms with Gasteiger partial charge in [-0.25, -0.2) is 4.98 Å². The number of amides is 1. The molecule has 0 fully saturated rings. The van der Waals surface area contributed by atoms with Crippen molar-refractivity contribution in [1.29, 1.82) is 0 Å². The van der Waals surface area contributed by atoms with Crippen LogP contribution >= 0.6 is 35.5 Å². The molecule has 0 aliphatic carbocycles. The number of benzene rings is 2. The second-order valence-electron chi connectivity index (χ2n) is 6.27. The number of rotatable bonds is 8. The largest absolute Gasteiger partial charge is 0.309 e. The summed E-state index contributed by atoms with van der Waals surface area (Å²) in [7, 11) is 4.10. The number of nitrogens with zero attached hydrogens (tertiary/aromatic N) is 3. The van der Waals surface area contributed by atoms with Gasteiger partial charge in [0.1, 0.15) is 0 Å². The molecule has 0 unspecified atom stereocenters. The van der Waals surface area contributed by atoms with Gasteiger partial charge < -0.3 is 4.90 Å². The first kappa shape index (κ1) is 21.7. The van der Waals surface area contributed by atoms with E-state index in [1.54, 1.807) is 23.1 Å². The first-order valence-electron chi connectivity index (χ1n) is 8.62. The van der Waals surface area contributed by atoms with Crippen LogP contribution in [0.4, 0.5) is 5.13 Å². The van der Waals surface area contributed by atoms with E-state index in [1.165, 1.54) is 0 Å². The van der Waals surface area contributed by atoms with E-state index < -0.39 is 0 Å². The summed E-state index contributed by atoms with van der Waals surface area (Å²) in [5.74, 6) is 0.527. The quantitative estimate of drug-likeness (QED) is 0.490. The lowest BCUT2D eigenvalue weighted by Crippen LogP contribution is -2.34. The molecule has 0 saturated heterocycles. The van der Waals surface area contributed by atoms with Gasteiger partial charge in [0.15, 0.2) is 5.13 Å². The second-order valence-corrected chi connectivity index (χ2v) is 8.33. The predicted octanol–water partition coefficient (Wildman–Crippen LogP) is 4.80. The molecule has 144 valence electrons. The molecule has 0 aliphatic rings. The van der Waals surface area contributed by atoms with Crippen LogP contribution in [0.25, 0.3) is 10.2 Å². The molecule has 2 aromatic carbocycles. The topological polar surface area (TPSA) is 36.4 Å². The van der Waals surface area contributed by atoms with Crippen LogP contribution in [-0.2, 0) is 4.79 Å². The third kappa shape index (κ3) is 6.21.